The lowest BCUT2D eigenvalue weighted by atomic mass is 10.2. The van der Waals surface area contributed by atoms with E-state index in [1.54, 1.807) is 0 Å². The van der Waals surface area contributed by atoms with E-state index in [1.807, 2.05) is 52.0 Å². The summed E-state index contributed by atoms with van der Waals surface area (Å²) in [6, 6.07) is 8.11. The number of hydrogen-bond donors (Lipinski definition) is 2. The SMILES string of the molecule is Cc1ccc(S[C@@H](C)C(=O)NCC(=O)NC(C)C)cc1. The fourth-order valence-electron chi connectivity index (χ4n) is 1.56. The van der Waals surface area contributed by atoms with Gasteiger partial charge in [-0.25, -0.2) is 0 Å². The molecule has 0 aliphatic heterocycles. The van der Waals surface area contributed by atoms with Gasteiger partial charge in [-0.3, -0.25) is 9.59 Å². The van der Waals surface area contributed by atoms with Crippen molar-refractivity contribution in [3.63, 3.8) is 0 Å². The Hall–Kier alpha value is -1.49. The van der Waals surface area contributed by atoms with Gasteiger partial charge in [0.2, 0.25) is 11.8 Å². The van der Waals surface area contributed by atoms with Crippen LogP contribution in [-0.4, -0.2) is 29.7 Å². The van der Waals surface area contributed by atoms with Crippen molar-refractivity contribution in [3.05, 3.63) is 29.8 Å². The summed E-state index contributed by atoms with van der Waals surface area (Å²) in [5.74, 6) is -0.296. The Morgan fingerprint density at radius 3 is 2.30 bits per heavy atom. The van der Waals surface area contributed by atoms with Gasteiger partial charge in [0.1, 0.15) is 0 Å². The fraction of sp³-hybridized carbons (Fsp3) is 0.467. The maximum absolute atomic E-state index is 11.9. The molecule has 1 aromatic carbocycles. The van der Waals surface area contributed by atoms with Crippen LogP contribution in [0.4, 0.5) is 0 Å². The molecule has 5 heteroatoms. The predicted octanol–water partition coefficient (Wildman–Crippen LogP) is 2.12. The number of carbonyl (C=O) groups is 2. The van der Waals surface area contributed by atoms with E-state index >= 15 is 0 Å². The van der Waals surface area contributed by atoms with Crippen LogP contribution in [0, 0.1) is 6.92 Å². The van der Waals surface area contributed by atoms with Gasteiger partial charge < -0.3 is 10.6 Å². The first-order valence-corrected chi connectivity index (χ1v) is 7.57. The number of thioether (sulfide) groups is 1. The molecule has 1 aromatic rings. The minimum Gasteiger partial charge on any atom is -0.352 e. The highest BCUT2D eigenvalue weighted by atomic mass is 32.2. The molecule has 2 amide bonds. The second-order valence-electron chi connectivity index (χ2n) is 5.01. The highest BCUT2D eigenvalue weighted by Gasteiger charge is 2.15. The number of benzene rings is 1. The molecule has 0 fully saturated rings. The average Bonchev–Trinajstić information content (AvgIpc) is 2.37. The molecular weight excluding hydrogens is 272 g/mol. The first-order chi connectivity index (χ1) is 9.38. The monoisotopic (exact) mass is 294 g/mol. The van der Waals surface area contributed by atoms with Crippen molar-refractivity contribution in [1.29, 1.82) is 0 Å². The maximum Gasteiger partial charge on any atom is 0.239 e. The molecule has 0 aliphatic carbocycles. The molecule has 0 aromatic heterocycles. The Bertz CT molecular complexity index is 457. The molecule has 1 rings (SSSR count). The molecule has 4 nitrogen and oxygen atoms in total. The van der Waals surface area contributed by atoms with Crippen molar-refractivity contribution in [2.75, 3.05) is 6.54 Å². The Morgan fingerprint density at radius 1 is 1.15 bits per heavy atom. The summed E-state index contributed by atoms with van der Waals surface area (Å²) in [4.78, 5) is 24.4. The molecule has 0 heterocycles. The number of rotatable bonds is 6. The van der Waals surface area contributed by atoms with Gasteiger partial charge >= 0.3 is 0 Å². The lowest BCUT2D eigenvalue weighted by Crippen LogP contribution is -2.41. The Kier molecular flexibility index (Phi) is 6.58. The van der Waals surface area contributed by atoms with Crippen LogP contribution in [0.25, 0.3) is 0 Å². The van der Waals surface area contributed by atoms with Crippen LogP contribution >= 0.6 is 11.8 Å². The summed E-state index contributed by atoms with van der Waals surface area (Å²) in [6.45, 7) is 7.65. The Morgan fingerprint density at radius 2 is 1.75 bits per heavy atom. The van der Waals surface area contributed by atoms with Gasteiger partial charge in [0.15, 0.2) is 0 Å². The molecule has 0 bridgehead atoms. The van der Waals surface area contributed by atoms with Gasteiger partial charge in [-0.1, -0.05) is 17.7 Å². The lowest BCUT2D eigenvalue weighted by molar-refractivity contribution is -0.125. The molecule has 0 unspecified atom stereocenters. The van der Waals surface area contributed by atoms with Crippen LogP contribution in [0.5, 0.6) is 0 Å². The molecule has 0 radical (unpaired) electrons. The summed E-state index contributed by atoms with van der Waals surface area (Å²) in [6.07, 6.45) is 0. The van der Waals surface area contributed by atoms with Gasteiger partial charge in [-0.05, 0) is 39.8 Å². The summed E-state index contributed by atoms with van der Waals surface area (Å²) < 4.78 is 0. The molecule has 110 valence electrons. The third kappa shape index (κ3) is 6.10. The Balaban J connectivity index is 2.39. The standard InChI is InChI=1S/C15H22N2O2S/c1-10(2)17-14(18)9-16-15(19)12(4)20-13-7-5-11(3)6-8-13/h5-8,10,12H,9H2,1-4H3,(H,16,19)(H,17,18)/t12-/m0/s1. The number of hydrogen-bond acceptors (Lipinski definition) is 3. The van der Waals surface area contributed by atoms with Crippen LogP contribution < -0.4 is 10.6 Å². The summed E-state index contributed by atoms with van der Waals surface area (Å²) in [5.41, 5.74) is 1.19. The molecule has 20 heavy (non-hydrogen) atoms. The second-order valence-corrected chi connectivity index (χ2v) is 6.43. The van der Waals surface area contributed by atoms with E-state index in [-0.39, 0.29) is 29.7 Å². The van der Waals surface area contributed by atoms with Crippen molar-refractivity contribution < 1.29 is 9.59 Å². The quantitative estimate of drug-likeness (QED) is 0.790. The molecular formula is C15H22N2O2S. The van der Waals surface area contributed by atoms with Crippen LogP contribution in [0.3, 0.4) is 0 Å². The van der Waals surface area contributed by atoms with E-state index in [2.05, 4.69) is 10.6 Å². The summed E-state index contributed by atoms with van der Waals surface area (Å²) >= 11 is 1.48. The minimum atomic E-state index is -0.232. The maximum atomic E-state index is 11.9. The molecule has 0 spiro atoms. The first-order valence-electron chi connectivity index (χ1n) is 6.69. The third-order valence-corrected chi connectivity index (χ3v) is 3.69. The minimum absolute atomic E-state index is 0.0236. The topological polar surface area (TPSA) is 58.2 Å². The zero-order valence-electron chi connectivity index (χ0n) is 12.4. The highest BCUT2D eigenvalue weighted by Crippen LogP contribution is 2.23. The van der Waals surface area contributed by atoms with E-state index in [9.17, 15) is 9.59 Å². The van der Waals surface area contributed by atoms with Crippen molar-refractivity contribution >= 4 is 23.6 Å². The van der Waals surface area contributed by atoms with Gasteiger partial charge in [-0.2, -0.15) is 0 Å². The second kappa shape index (κ2) is 7.94. The van der Waals surface area contributed by atoms with Crippen LogP contribution in [0.2, 0.25) is 0 Å². The van der Waals surface area contributed by atoms with E-state index in [0.29, 0.717) is 0 Å². The molecule has 2 N–H and O–H groups in total. The highest BCUT2D eigenvalue weighted by molar-refractivity contribution is 8.00. The summed E-state index contributed by atoms with van der Waals surface area (Å²) in [5, 5.41) is 5.15. The zero-order valence-corrected chi connectivity index (χ0v) is 13.2. The van der Waals surface area contributed by atoms with E-state index in [0.717, 1.165) is 4.90 Å². The smallest absolute Gasteiger partial charge is 0.239 e. The van der Waals surface area contributed by atoms with E-state index in [1.165, 1.54) is 17.3 Å². The molecule has 0 saturated heterocycles. The first kappa shape index (κ1) is 16.6. The fourth-order valence-corrected chi connectivity index (χ4v) is 2.45. The number of nitrogens with one attached hydrogen (secondary N) is 2. The van der Waals surface area contributed by atoms with Gasteiger partial charge in [-0.15, -0.1) is 11.8 Å². The lowest BCUT2D eigenvalue weighted by Gasteiger charge is -2.13. The molecule has 0 saturated carbocycles. The number of aryl methyl sites for hydroxylation is 1. The normalized spacial score (nSPS) is 12.1. The van der Waals surface area contributed by atoms with Crippen molar-refractivity contribution in [1.82, 2.24) is 10.6 Å². The van der Waals surface area contributed by atoms with E-state index in [4.69, 9.17) is 0 Å². The van der Waals surface area contributed by atoms with Crippen LogP contribution in [0.1, 0.15) is 26.3 Å². The zero-order chi connectivity index (χ0) is 15.1. The van der Waals surface area contributed by atoms with Gasteiger partial charge in [0.05, 0.1) is 11.8 Å². The van der Waals surface area contributed by atoms with Crippen LogP contribution in [0.15, 0.2) is 29.2 Å². The van der Waals surface area contributed by atoms with Gasteiger partial charge in [0.25, 0.3) is 0 Å². The number of amides is 2. The Labute approximate surface area is 124 Å². The predicted molar refractivity (Wildman–Crippen MR) is 82.8 cm³/mol. The van der Waals surface area contributed by atoms with Crippen molar-refractivity contribution in [2.24, 2.45) is 0 Å². The molecule has 0 aliphatic rings. The van der Waals surface area contributed by atoms with E-state index < -0.39 is 0 Å². The molecule has 1 atom stereocenters. The largest absolute Gasteiger partial charge is 0.352 e. The van der Waals surface area contributed by atoms with Crippen molar-refractivity contribution in [3.8, 4) is 0 Å². The summed E-state index contributed by atoms with van der Waals surface area (Å²) in [7, 11) is 0. The third-order valence-electron chi connectivity index (χ3n) is 2.58. The van der Waals surface area contributed by atoms with Crippen molar-refractivity contribution in [2.45, 2.75) is 43.9 Å². The van der Waals surface area contributed by atoms with Gasteiger partial charge in [0, 0.05) is 10.9 Å². The van der Waals surface area contributed by atoms with Crippen LogP contribution in [-0.2, 0) is 9.59 Å². The average molecular weight is 294 g/mol. The number of carbonyl (C=O) groups excluding carboxylic acids is 2.